The van der Waals surface area contributed by atoms with Gasteiger partial charge in [-0.2, -0.15) is 4.31 Å². The van der Waals surface area contributed by atoms with Crippen molar-refractivity contribution in [1.82, 2.24) is 9.62 Å². The number of piperidine rings is 1. The molecule has 1 aromatic rings. The Hall–Kier alpha value is -2.13. The molecule has 2 rings (SSSR count). The molecule has 0 aliphatic carbocycles. The van der Waals surface area contributed by atoms with E-state index in [1.54, 1.807) is 6.92 Å². The van der Waals surface area contributed by atoms with Crippen LogP contribution < -0.4 is 10.1 Å². The van der Waals surface area contributed by atoms with E-state index >= 15 is 0 Å². The summed E-state index contributed by atoms with van der Waals surface area (Å²) >= 11 is 0. The van der Waals surface area contributed by atoms with Crippen LogP contribution in [0, 0.1) is 5.92 Å². The highest BCUT2D eigenvalue weighted by molar-refractivity contribution is 7.89. The van der Waals surface area contributed by atoms with Gasteiger partial charge in [-0.05, 0) is 51.8 Å². The van der Waals surface area contributed by atoms with Crippen molar-refractivity contribution < 1.29 is 27.5 Å². The fourth-order valence-corrected chi connectivity index (χ4v) is 4.60. The first-order chi connectivity index (χ1) is 13.2. The second kappa shape index (κ2) is 9.38. The van der Waals surface area contributed by atoms with Crippen LogP contribution in [-0.2, 0) is 19.6 Å². The molecule has 0 spiro atoms. The number of sulfonamides is 1. The average Bonchev–Trinajstić information content (AvgIpc) is 2.67. The quantitative estimate of drug-likeness (QED) is 0.685. The predicted molar refractivity (Wildman–Crippen MR) is 104 cm³/mol. The summed E-state index contributed by atoms with van der Waals surface area (Å²) in [6.45, 7) is 6.15. The molecule has 1 aliphatic heterocycles. The molecule has 1 saturated heterocycles. The molecule has 0 aromatic heterocycles. The number of ether oxygens (including phenoxy) is 2. The summed E-state index contributed by atoms with van der Waals surface area (Å²) in [6.07, 6.45) is 0.823. The average molecular weight is 413 g/mol. The van der Waals surface area contributed by atoms with Crippen LogP contribution in [0.5, 0.6) is 5.75 Å². The first kappa shape index (κ1) is 22.2. The highest BCUT2D eigenvalue weighted by atomic mass is 32.2. The summed E-state index contributed by atoms with van der Waals surface area (Å²) in [5, 5.41) is 2.74. The molecule has 0 bridgehead atoms. The first-order valence-corrected chi connectivity index (χ1v) is 10.8. The van der Waals surface area contributed by atoms with Gasteiger partial charge in [0.2, 0.25) is 10.0 Å². The van der Waals surface area contributed by atoms with Gasteiger partial charge in [-0.1, -0.05) is 0 Å². The summed E-state index contributed by atoms with van der Waals surface area (Å²) in [5.41, 5.74) is 0.165. The number of esters is 1. The molecule has 1 N–H and O–H groups in total. The third kappa shape index (κ3) is 5.02. The molecular weight excluding hydrogens is 384 g/mol. The molecule has 1 aromatic carbocycles. The summed E-state index contributed by atoms with van der Waals surface area (Å²) in [6, 6.07) is 4.15. The molecule has 0 radical (unpaired) electrons. The topological polar surface area (TPSA) is 102 Å². The number of nitrogens with one attached hydrogen (secondary N) is 1. The lowest BCUT2D eigenvalue weighted by atomic mass is 9.98. The van der Waals surface area contributed by atoms with Crippen LogP contribution in [-0.4, -0.2) is 57.4 Å². The molecular formula is C19H28N2O6S. The maximum Gasteiger partial charge on any atom is 0.309 e. The Bertz CT molecular complexity index is 814. The van der Waals surface area contributed by atoms with Crippen molar-refractivity contribution in [3.05, 3.63) is 23.8 Å². The van der Waals surface area contributed by atoms with Crippen LogP contribution in [0.4, 0.5) is 0 Å². The fraction of sp³-hybridized carbons (Fsp3) is 0.579. The Labute approximate surface area is 166 Å². The molecule has 28 heavy (non-hydrogen) atoms. The van der Waals surface area contributed by atoms with Crippen molar-refractivity contribution in [2.24, 2.45) is 5.92 Å². The lowest BCUT2D eigenvalue weighted by molar-refractivity contribution is -0.149. The highest BCUT2D eigenvalue weighted by Gasteiger charge is 2.33. The smallest absolute Gasteiger partial charge is 0.309 e. The van der Waals surface area contributed by atoms with Crippen LogP contribution in [0.25, 0.3) is 0 Å². The van der Waals surface area contributed by atoms with Crippen molar-refractivity contribution in [2.45, 2.75) is 44.6 Å². The van der Waals surface area contributed by atoms with Gasteiger partial charge in [0.05, 0.1) is 30.1 Å². The number of benzene rings is 1. The van der Waals surface area contributed by atoms with Crippen molar-refractivity contribution in [1.29, 1.82) is 0 Å². The van der Waals surface area contributed by atoms with E-state index in [2.05, 4.69) is 5.32 Å². The Balaban J connectivity index is 2.22. The van der Waals surface area contributed by atoms with Gasteiger partial charge < -0.3 is 14.8 Å². The van der Waals surface area contributed by atoms with Crippen LogP contribution in [0.2, 0.25) is 0 Å². The summed E-state index contributed by atoms with van der Waals surface area (Å²) in [4.78, 5) is 24.3. The minimum Gasteiger partial charge on any atom is -0.496 e. The summed E-state index contributed by atoms with van der Waals surface area (Å²) < 4.78 is 37.6. The van der Waals surface area contributed by atoms with Gasteiger partial charge in [-0.15, -0.1) is 0 Å². The van der Waals surface area contributed by atoms with Gasteiger partial charge in [0.15, 0.2) is 0 Å². The van der Waals surface area contributed by atoms with Gasteiger partial charge in [0.25, 0.3) is 5.91 Å². The molecule has 9 heteroatoms. The minimum atomic E-state index is -3.79. The Morgan fingerprint density at radius 3 is 2.43 bits per heavy atom. The number of carbonyl (C=O) groups is 2. The second-order valence-electron chi connectivity index (χ2n) is 6.92. The number of amides is 1. The van der Waals surface area contributed by atoms with Crippen LogP contribution in [0.15, 0.2) is 23.1 Å². The van der Waals surface area contributed by atoms with E-state index in [-0.39, 0.29) is 41.5 Å². The zero-order chi connectivity index (χ0) is 20.9. The molecule has 1 amide bonds. The third-order valence-electron chi connectivity index (χ3n) is 4.55. The van der Waals surface area contributed by atoms with Crippen molar-refractivity contribution in [2.75, 3.05) is 26.8 Å². The lowest BCUT2D eigenvalue weighted by Gasteiger charge is -2.30. The van der Waals surface area contributed by atoms with Gasteiger partial charge in [0, 0.05) is 19.1 Å². The van der Waals surface area contributed by atoms with Crippen molar-refractivity contribution >= 4 is 21.9 Å². The number of methoxy groups -OCH3 is 1. The molecule has 0 unspecified atom stereocenters. The molecule has 0 atom stereocenters. The minimum absolute atomic E-state index is 0.0248. The van der Waals surface area contributed by atoms with Gasteiger partial charge in [0.1, 0.15) is 5.75 Å². The first-order valence-electron chi connectivity index (χ1n) is 9.36. The van der Waals surface area contributed by atoms with E-state index in [1.807, 2.05) is 13.8 Å². The van der Waals surface area contributed by atoms with Crippen LogP contribution in [0.1, 0.15) is 44.0 Å². The molecule has 1 fully saturated rings. The van der Waals surface area contributed by atoms with E-state index in [9.17, 15) is 18.0 Å². The van der Waals surface area contributed by atoms with E-state index in [0.717, 1.165) is 0 Å². The van der Waals surface area contributed by atoms with E-state index in [4.69, 9.17) is 9.47 Å². The van der Waals surface area contributed by atoms with Crippen molar-refractivity contribution in [3.63, 3.8) is 0 Å². The Morgan fingerprint density at radius 1 is 1.25 bits per heavy atom. The summed E-state index contributed by atoms with van der Waals surface area (Å²) in [7, 11) is -2.36. The number of hydrogen-bond acceptors (Lipinski definition) is 6. The maximum absolute atomic E-state index is 13.0. The highest BCUT2D eigenvalue weighted by Crippen LogP contribution is 2.28. The lowest BCUT2D eigenvalue weighted by Crippen LogP contribution is -2.40. The normalized spacial score (nSPS) is 16.0. The largest absolute Gasteiger partial charge is 0.496 e. The third-order valence-corrected chi connectivity index (χ3v) is 6.44. The number of hydrogen-bond donors (Lipinski definition) is 1. The SMILES string of the molecule is CCOC(=O)C1CCN(S(=O)(=O)c2ccc(OC)c(C(=O)NC(C)C)c2)CC1. The Kier molecular flexibility index (Phi) is 7.42. The second-order valence-corrected chi connectivity index (χ2v) is 8.86. The van der Waals surface area contributed by atoms with Crippen LogP contribution in [0.3, 0.4) is 0 Å². The number of nitrogens with zero attached hydrogens (tertiary/aromatic N) is 1. The Morgan fingerprint density at radius 2 is 1.89 bits per heavy atom. The monoisotopic (exact) mass is 412 g/mol. The van der Waals surface area contributed by atoms with E-state index in [1.165, 1.54) is 29.6 Å². The number of rotatable bonds is 7. The van der Waals surface area contributed by atoms with Gasteiger partial charge in [-0.3, -0.25) is 9.59 Å². The van der Waals surface area contributed by atoms with Crippen LogP contribution >= 0.6 is 0 Å². The maximum atomic E-state index is 13.0. The van der Waals surface area contributed by atoms with Crippen molar-refractivity contribution in [3.8, 4) is 5.75 Å². The standard InChI is InChI=1S/C19H28N2O6S/c1-5-27-19(23)14-8-10-21(11-9-14)28(24,25)15-6-7-17(26-4)16(12-15)18(22)20-13(2)3/h6-7,12-14H,5,8-11H2,1-4H3,(H,20,22). The molecule has 1 aliphatic rings. The molecule has 156 valence electrons. The fourth-order valence-electron chi connectivity index (χ4n) is 3.11. The zero-order valence-electron chi connectivity index (χ0n) is 16.7. The number of carbonyl (C=O) groups excluding carboxylic acids is 2. The van der Waals surface area contributed by atoms with E-state index < -0.39 is 15.9 Å². The molecule has 1 heterocycles. The van der Waals surface area contributed by atoms with Gasteiger partial charge >= 0.3 is 5.97 Å². The van der Waals surface area contributed by atoms with Gasteiger partial charge in [-0.25, -0.2) is 8.42 Å². The molecule has 8 nitrogen and oxygen atoms in total. The summed E-state index contributed by atoms with van der Waals surface area (Å²) in [5.74, 6) is -0.658. The zero-order valence-corrected chi connectivity index (χ0v) is 17.5. The van der Waals surface area contributed by atoms with E-state index in [0.29, 0.717) is 25.2 Å². The molecule has 0 saturated carbocycles. The predicted octanol–water partition coefficient (Wildman–Crippen LogP) is 1.80.